The van der Waals surface area contributed by atoms with E-state index in [9.17, 15) is 18.0 Å². The van der Waals surface area contributed by atoms with Crippen LogP contribution in [0.2, 0.25) is 0 Å². The second kappa shape index (κ2) is 6.14. The predicted octanol–water partition coefficient (Wildman–Crippen LogP) is -2.03. The molecule has 1 rings (SSSR count). The van der Waals surface area contributed by atoms with Crippen LogP contribution in [0.15, 0.2) is 0 Å². The number of rotatable bonds is 4. The van der Waals surface area contributed by atoms with Gasteiger partial charge in [-0.1, -0.05) is 0 Å². The van der Waals surface area contributed by atoms with E-state index in [0.717, 1.165) is 0 Å². The van der Waals surface area contributed by atoms with Crippen molar-refractivity contribution in [2.75, 3.05) is 38.7 Å². The number of hydrogen-bond donors (Lipinski definition) is 2. The number of hydrogen-bond acceptors (Lipinski definition) is 5. The maximum Gasteiger partial charge on any atom is 0.241 e. The van der Waals surface area contributed by atoms with Gasteiger partial charge in [0.1, 0.15) is 0 Å². The van der Waals surface area contributed by atoms with Crippen molar-refractivity contribution < 1.29 is 18.0 Å². The molecule has 104 valence electrons. The molecule has 2 N–H and O–H groups in total. The number of carbonyl (C=O) groups is 2. The molecular formula is C10H19N3O4S. The van der Waals surface area contributed by atoms with Gasteiger partial charge >= 0.3 is 0 Å². The van der Waals surface area contributed by atoms with Gasteiger partial charge in [0.25, 0.3) is 0 Å². The van der Waals surface area contributed by atoms with Crippen LogP contribution in [-0.4, -0.2) is 69.9 Å². The molecule has 0 aromatic carbocycles. The van der Waals surface area contributed by atoms with Crippen molar-refractivity contribution in [2.45, 2.75) is 12.5 Å². The Labute approximate surface area is 107 Å². The number of amides is 2. The van der Waals surface area contributed by atoms with Gasteiger partial charge in [-0.05, 0) is 0 Å². The second-order valence-corrected chi connectivity index (χ2v) is 6.76. The van der Waals surface area contributed by atoms with Crippen LogP contribution in [0.1, 0.15) is 6.42 Å². The third kappa shape index (κ3) is 5.01. The quantitative estimate of drug-likeness (QED) is 0.618. The molecule has 0 aromatic rings. The first kappa shape index (κ1) is 14.9. The molecule has 1 saturated heterocycles. The van der Waals surface area contributed by atoms with E-state index in [1.165, 1.54) is 4.90 Å². The summed E-state index contributed by atoms with van der Waals surface area (Å²) in [6.07, 6.45) is 0.0694. The first-order valence-corrected chi connectivity index (χ1v) is 7.53. The Kier molecular flexibility index (Phi) is 5.09. The van der Waals surface area contributed by atoms with Crippen molar-refractivity contribution >= 4 is 21.7 Å². The Morgan fingerprint density at radius 2 is 2.06 bits per heavy atom. The lowest BCUT2D eigenvalue weighted by Crippen LogP contribution is -2.48. The van der Waals surface area contributed by atoms with Crippen LogP contribution in [0.4, 0.5) is 0 Å². The standard InChI is InChI=1S/C10H19N3O4S/c1-13(2)10(15)6-12-9(14)5-8-7-18(16,17)4-3-11-8/h8,11H,3-7H2,1-2H3,(H,12,14). The molecular weight excluding hydrogens is 258 g/mol. The molecule has 1 atom stereocenters. The van der Waals surface area contributed by atoms with Gasteiger partial charge in [-0.15, -0.1) is 0 Å². The van der Waals surface area contributed by atoms with Crippen LogP contribution < -0.4 is 10.6 Å². The lowest BCUT2D eigenvalue weighted by molar-refractivity contribution is -0.131. The number of likely N-dealkylation sites (N-methyl/N-ethyl adjacent to an activating group) is 1. The predicted molar refractivity (Wildman–Crippen MR) is 66.8 cm³/mol. The third-order valence-corrected chi connectivity index (χ3v) is 4.40. The SMILES string of the molecule is CN(C)C(=O)CNC(=O)CC1CS(=O)(=O)CCN1. The molecule has 1 aliphatic heterocycles. The first-order valence-electron chi connectivity index (χ1n) is 5.71. The highest BCUT2D eigenvalue weighted by atomic mass is 32.2. The smallest absolute Gasteiger partial charge is 0.241 e. The molecule has 2 amide bonds. The summed E-state index contributed by atoms with van der Waals surface area (Å²) in [5.41, 5.74) is 0. The lowest BCUT2D eigenvalue weighted by atomic mass is 10.2. The molecule has 1 unspecified atom stereocenters. The Morgan fingerprint density at radius 3 is 2.61 bits per heavy atom. The fourth-order valence-electron chi connectivity index (χ4n) is 1.63. The molecule has 1 heterocycles. The fourth-order valence-corrected chi connectivity index (χ4v) is 3.07. The molecule has 7 nitrogen and oxygen atoms in total. The van der Waals surface area contributed by atoms with Crippen molar-refractivity contribution in [2.24, 2.45) is 0 Å². The van der Waals surface area contributed by atoms with Gasteiger partial charge in [-0.25, -0.2) is 8.42 Å². The fraction of sp³-hybridized carbons (Fsp3) is 0.800. The molecule has 0 aliphatic carbocycles. The molecule has 0 saturated carbocycles. The highest BCUT2D eigenvalue weighted by molar-refractivity contribution is 7.91. The van der Waals surface area contributed by atoms with Gasteiger partial charge in [0.2, 0.25) is 11.8 Å². The molecule has 18 heavy (non-hydrogen) atoms. The highest BCUT2D eigenvalue weighted by Crippen LogP contribution is 2.04. The summed E-state index contributed by atoms with van der Waals surface area (Å²) in [6.45, 7) is 0.308. The van der Waals surface area contributed by atoms with E-state index < -0.39 is 9.84 Å². The normalized spacial score (nSPS) is 22.2. The number of sulfone groups is 1. The Hall–Kier alpha value is -1.15. The van der Waals surface area contributed by atoms with Gasteiger partial charge < -0.3 is 15.5 Å². The zero-order chi connectivity index (χ0) is 13.8. The molecule has 1 fully saturated rings. The summed E-state index contributed by atoms with van der Waals surface area (Å²) < 4.78 is 22.7. The minimum Gasteiger partial charge on any atom is -0.347 e. The van der Waals surface area contributed by atoms with E-state index in [0.29, 0.717) is 6.54 Å². The van der Waals surface area contributed by atoms with E-state index in [2.05, 4.69) is 10.6 Å². The molecule has 8 heteroatoms. The van der Waals surface area contributed by atoms with Gasteiger partial charge in [0, 0.05) is 33.1 Å². The van der Waals surface area contributed by atoms with Gasteiger partial charge in [0.05, 0.1) is 18.1 Å². The average molecular weight is 277 g/mol. The van der Waals surface area contributed by atoms with Gasteiger partial charge in [0.15, 0.2) is 9.84 Å². The van der Waals surface area contributed by atoms with Gasteiger partial charge in [-0.2, -0.15) is 0 Å². The van der Waals surface area contributed by atoms with E-state index in [1.54, 1.807) is 14.1 Å². The lowest BCUT2D eigenvalue weighted by Gasteiger charge is -2.23. The maximum atomic E-state index is 11.5. The molecule has 1 aliphatic rings. The average Bonchev–Trinajstić information content (AvgIpc) is 2.24. The van der Waals surface area contributed by atoms with E-state index >= 15 is 0 Å². The highest BCUT2D eigenvalue weighted by Gasteiger charge is 2.25. The van der Waals surface area contributed by atoms with Crippen molar-refractivity contribution in [3.63, 3.8) is 0 Å². The summed E-state index contributed by atoms with van der Waals surface area (Å²) in [7, 11) is 0.162. The monoisotopic (exact) mass is 277 g/mol. The van der Waals surface area contributed by atoms with Crippen molar-refractivity contribution in [3.8, 4) is 0 Å². The Balaban J connectivity index is 2.34. The van der Waals surface area contributed by atoms with Crippen LogP contribution >= 0.6 is 0 Å². The Morgan fingerprint density at radius 1 is 1.39 bits per heavy atom. The van der Waals surface area contributed by atoms with Crippen molar-refractivity contribution in [1.29, 1.82) is 0 Å². The maximum absolute atomic E-state index is 11.5. The molecule has 0 spiro atoms. The summed E-state index contributed by atoms with van der Waals surface area (Å²) in [5, 5.41) is 5.45. The van der Waals surface area contributed by atoms with Crippen LogP contribution in [0.5, 0.6) is 0 Å². The van der Waals surface area contributed by atoms with Crippen molar-refractivity contribution in [1.82, 2.24) is 15.5 Å². The van der Waals surface area contributed by atoms with Crippen LogP contribution in [0, 0.1) is 0 Å². The summed E-state index contributed by atoms with van der Waals surface area (Å²) >= 11 is 0. The topological polar surface area (TPSA) is 95.6 Å². The number of carbonyl (C=O) groups excluding carboxylic acids is 2. The molecule has 0 bridgehead atoms. The first-order chi connectivity index (χ1) is 8.30. The zero-order valence-electron chi connectivity index (χ0n) is 10.6. The summed E-state index contributed by atoms with van der Waals surface area (Å²) in [6, 6.07) is -0.363. The molecule has 0 radical (unpaired) electrons. The number of nitrogens with zero attached hydrogens (tertiary/aromatic N) is 1. The van der Waals surface area contributed by atoms with Crippen LogP contribution in [-0.2, 0) is 19.4 Å². The molecule has 0 aromatic heterocycles. The number of nitrogens with one attached hydrogen (secondary N) is 2. The zero-order valence-corrected chi connectivity index (χ0v) is 11.4. The minimum absolute atomic E-state index is 0.0257. The van der Waals surface area contributed by atoms with E-state index in [1.807, 2.05) is 0 Å². The summed E-state index contributed by atoms with van der Waals surface area (Å²) in [4.78, 5) is 24.2. The van der Waals surface area contributed by atoms with E-state index in [-0.39, 0.29) is 42.3 Å². The van der Waals surface area contributed by atoms with Crippen molar-refractivity contribution in [3.05, 3.63) is 0 Å². The largest absolute Gasteiger partial charge is 0.347 e. The minimum atomic E-state index is -3.04. The van der Waals surface area contributed by atoms with Crippen LogP contribution in [0.3, 0.4) is 0 Å². The summed E-state index contributed by atoms with van der Waals surface area (Å²) in [5.74, 6) is -0.431. The Bertz CT molecular complexity index is 419. The second-order valence-electron chi connectivity index (χ2n) is 4.53. The third-order valence-electron chi connectivity index (χ3n) is 2.67. The van der Waals surface area contributed by atoms with Crippen LogP contribution in [0.25, 0.3) is 0 Å². The van der Waals surface area contributed by atoms with Gasteiger partial charge in [-0.3, -0.25) is 9.59 Å². The van der Waals surface area contributed by atoms with E-state index in [4.69, 9.17) is 0 Å².